The molecule has 0 radical (unpaired) electrons. The number of carbonyl (C=O) groups excluding carboxylic acids is 2. The molecule has 1 amide bonds. The monoisotopic (exact) mass is 372 g/mol. The Balaban J connectivity index is 1.96. The van der Waals surface area contributed by atoms with Gasteiger partial charge in [-0.25, -0.2) is 9.78 Å². The minimum Gasteiger partial charge on any atom is -0.462 e. The summed E-state index contributed by atoms with van der Waals surface area (Å²) in [5, 5.41) is 8.57. The first-order valence-electron chi connectivity index (χ1n) is 8.21. The Morgan fingerprint density at radius 1 is 1.27 bits per heavy atom. The van der Waals surface area contributed by atoms with Crippen LogP contribution in [0.4, 0.5) is 5.00 Å². The molecule has 0 unspecified atom stereocenters. The Morgan fingerprint density at radius 3 is 2.69 bits per heavy atom. The maximum Gasteiger partial charge on any atom is 0.348 e. The van der Waals surface area contributed by atoms with E-state index in [1.165, 1.54) is 11.3 Å². The van der Waals surface area contributed by atoms with E-state index in [1.807, 2.05) is 20.8 Å². The smallest absolute Gasteiger partial charge is 0.348 e. The van der Waals surface area contributed by atoms with E-state index in [9.17, 15) is 9.59 Å². The number of nitrogens with zero attached hydrogens (tertiary/aromatic N) is 3. The van der Waals surface area contributed by atoms with Crippen LogP contribution in [0.1, 0.15) is 43.9 Å². The minimum atomic E-state index is -0.374. The van der Waals surface area contributed by atoms with Crippen LogP contribution in [0.3, 0.4) is 0 Å². The molecule has 0 aliphatic rings. The number of ether oxygens (including phenoxy) is 1. The van der Waals surface area contributed by atoms with Gasteiger partial charge in [-0.1, -0.05) is 0 Å². The van der Waals surface area contributed by atoms with Gasteiger partial charge in [0.05, 0.1) is 28.3 Å². The Morgan fingerprint density at radius 2 is 2.00 bits per heavy atom. The molecule has 0 bridgehead atoms. The maximum atomic E-state index is 12.9. The van der Waals surface area contributed by atoms with Crippen molar-refractivity contribution >= 4 is 39.2 Å². The van der Waals surface area contributed by atoms with Crippen LogP contribution in [-0.4, -0.2) is 33.2 Å². The predicted molar refractivity (Wildman–Crippen MR) is 101 cm³/mol. The lowest BCUT2D eigenvalue weighted by Gasteiger charge is -2.06. The van der Waals surface area contributed by atoms with Gasteiger partial charge in [0.1, 0.15) is 4.88 Å². The van der Waals surface area contributed by atoms with E-state index in [4.69, 9.17) is 4.74 Å². The number of aryl methyl sites for hydroxylation is 4. The van der Waals surface area contributed by atoms with Crippen LogP contribution in [0.5, 0.6) is 0 Å². The highest BCUT2D eigenvalue weighted by Crippen LogP contribution is 2.29. The average molecular weight is 372 g/mol. The predicted octanol–water partition coefficient (Wildman–Crippen LogP) is 3.38. The Kier molecular flexibility index (Phi) is 4.78. The molecule has 8 heteroatoms. The summed E-state index contributed by atoms with van der Waals surface area (Å²) in [6, 6.07) is 3.52. The molecule has 0 aliphatic heterocycles. The molecule has 3 rings (SSSR count). The van der Waals surface area contributed by atoms with Gasteiger partial charge in [-0.3, -0.25) is 9.48 Å². The first kappa shape index (κ1) is 18.1. The van der Waals surface area contributed by atoms with Crippen molar-refractivity contribution in [3.63, 3.8) is 0 Å². The normalized spacial score (nSPS) is 11.0. The van der Waals surface area contributed by atoms with Crippen LogP contribution in [0.25, 0.3) is 11.0 Å². The molecule has 26 heavy (non-hydrogen) atoms. The Labute approximate surface area is 155 Å². The summed E-state index contributed by atoms with van der Waals surface area (Å²) in [4.78, 5) is 29.8. The summed E-state index contributed by atoms with van der Waals surface area (Å²) in [6.45, 7) is 7.58. The minimum absolute atomic E-state index is 0.256. The first-order chi connectivity index (χ1) is 12.3. The fourth-order valence-electron chi connectivity index (χ4n) is 2.87. The van der Waals surface area contributed by atoms with E-state index in [1.54, 1.807) is 30.8 Å². The van der Waals surface area contributed by atoms with E-state index in [-0.39, 0.29) is 11.9 Å². The summed E-state index contributed by atoms with van der Waals surface area (Å²) >= 11 is 1.21. The van der Waals surface area contributed by atoms with Gasteiger partial charge in [0, 0.05) is 12.7 Å². The lowest BCUT2D eigenvalue weighted by molar-refractivity contribution is 0.0531. The van der Waals surface area contributed by atoms with E-state index < -0.39 is 0 Å². The lowest BCUT2D eigenvalue weighted by atomic mass is 10.1. The van der Waals surface area contributed by atoms with Crippen molar-refractivity contribution in [3.8, 4) is 0 Å². The van der Waals surface area contributed by atoms with E-state index in [0.717, 1.165) is 22.3 Å². The highest BCUT2D eigenvalue weighted by Gasteiger charge is 2.20. The average Bonchev–Trinajstić information content (AvgIpc) is 3.07. The molecular formula is C18H20N4O3S. The number of carbonyl (C=O) groups is 2. The van der Waals surface area contributed by atoms with E-state index >= 15 is 0 Å². The molecular weight excluding hydrogens is 352 g/mol. The van der Waals surface area contributed by atoms with Crippen molar-refractivity contribution in [3.05, 3.63) is 39.5 Å². The summed E-state index contributed by atoms with van der Waals surface area (Å²) in [6.07, 6.45) is 0. The third-order valence-corrected chi connectivity index (χ3v) is 5.09. The fourth-order valence-corrected chi connectivity index (χ4v) is 3.83. The highest BCUT2D eigenvalue weighted by atomic mass is 32.1. The van der Waals surface area contributed by atoms with Crippen molar-refractivity contribution in [1.29, 1.82) is 0 Å². The van der Waals surface area contributed by atoms with Gasteiger partial charge in [0.15, 0.2) is 5.65 Å². The number of hydrogen-bond donors (Lipinski definition) is 1. The number of aromatic nitrogens is 3. The zero-order valence-electron chi connectivity index (χ0n) is 15.3. The van der Waals surface area contributed by atoms with Crippen LogP contribution in [0, 0.1) is 20.8 Å². The van der Waals surface area contributed by atoms with Gasteiger partial charge >= 0.3 is 5.97 Å². The van der Waals surface area contributed by atoms with Gasteiger partial charge in [-0.2, -0.15) is 5.10 Å². The van der Waals surface area contributed by atoms with Crippen molar-refractivity contribution in [2.24, 2.45) is 7.05 Å². The molecule has 0 spiro atoms. The second kappa shape index (κ2) is 6.87. The fraction of sp³-hybridized carbons (Fsp3) is 0.333. The zero-order chi connectivity index (χ0) is 19.0. The number of anilines is 1. The molecule has 0 saturated heterocycles. The van der Waals surface area contributed by atoms with Crippen LogP contribution in [0.15, 0.2) is 12.1 Å². The summed E-state index contributed by atoms with van der Waals surface area (Å²) in [5.74, 6) is -0.631. The second-order valence-electron chi connectivity index (χ2n) is 6.02. The Hall–Kier alpha value is -2.74. The maximum absolute atomic E-state index is 12.9. The highest BCUT2D eigenvalue weighted by molar-refractivity contribution is 7.18. The summed E-state index contributed by atoms with van der Waals surface area (Å²) in [5.41, 5.74) is 3.44. The van der Waals surface area contributed by atoms with Gasteiger partial charge < -0.3 is 10.1 Å². The van der Waals surface area contributed by atoms with Gasteiger partial charge in [0.2, 0.25) is 0 Å². The van der Waals surface area contributed by atoms with Crippen molar-refractivity contribution in [2.75, 3.05) is 11.9 Å². The Bertz CT molecular complexity index is 1020. The number of fused-ring (bicyclic) bond motifs is 1. The quantitative estimate of drug-likeness (QED) is 0.710. The molecule has 0 aliphatic carbocycles. The molecule has 3 heterocycles. The molecule has 3 aromatic heterocycles. The van der Waals surface area contributed by atoms with Crippen molar-refractivity contribution in [1.82, 2.24) is 14.8 Å². The third-order valence-electron chi connectivity index (χ3n) is 3.96. The molecule has 0 saturated carbocycles. The lowest BCUT2D eigenvalue weighted by Crippen LogP contribution is -2.12. The van der Waals surface area contributed by atoms with Crippen molar-refractivity contribution in [2.45, 2.75) is 27.7 Å². The topological polar surface area (TPSA) is 86.1 Å². The molecule has 1 N–H and O–H groups in total. The molecule has 136 valence electrons. The van der Waals surface area contributed by atoms with Crippen LogP contribution in [0.2, 0.25) is 0 Å². The standard InChI is InChI=1S/C18H20N4O3S/c1-6-25-18(24)15-9(2)7-13(26-15)20-17(23)12-8-10(3)19-16-14(12)11(4)21-22(16)5/h7-8H,6H2,1-5H3,(H,20,23). The molecule has 0 atom stereocenters. The third kappa shape index (κ3) is 3.20. The molecule has 7 nitrogen and oxygen atoms in total. The van der Waals surface area contributed by atoms with Crippen LogP contribution < -0.4 is 5.32 Å². The van der Waals surface area contributed by atoms with Gasteiger partial charge in [-0.15, -0.1) is 11.3 Å². The molecule has 3 aromatic rings. The molecule has 0 fully saturated rings. The number of thiophene rings is 1. The first-order valence-corrected chi connectivity index (χ1v) is 9.03. The SMILES string of the molecule is CCOC(=O)c1sc(NC(=O)c2cc(C)nc3c2c(C)nn3C)cc1C. The number of pyridine rings is 1. The van der Waals surface area contributed by atoms with Crippen LogP contribution in [-0.2, 0) is 11.8 Å². The molecule has 0 aromatic carbocycles. The number of esters is 1. The number of rotatable bonds is 4. The number of nitrogens with one attached hydrogen (secondary N) is 1. The van der Waals surface area contributed by atoms with Gasteiger partial charge in [-0.05, 0) is 45.4 Å². The summed E-state index contributed by atoms with van der Waals surface area (Å²) in [7, 11) is 1.80. The number of amides is 1. The second-order valence-corrected chi connectivity index (χ2v) is 7.07. The van der Waals surface area contributed by atoms with Crippen LogP contribution >= 0.6 is 11.3 Å². The van der Waals surface area contributed by atoms with E-state index in [0.29, 0.717) is 27.7 Å². The van der Waals surface area contributed by atoms with Crippen molar-refractivity contribution < 1.29 is 14.3 Å². The largest absolute Gasteiger partial charge is 0.462 e. The summed E-state index contributed by atoms with van der Waals surface area (Å²) < 4.78 is 6.71. The van der Waals surface area contributed by atoms with E-state index in [2.05, 4.69) is 15.4 Å². The zero-order valence-corrected chi connectivity index (χ0v) is 16.2. The van der Waals surface area contributed by atoms with Gasteiger partial charge in [0.25, 0.3) is 5.91 Å². The number of hydrogen-bond acceptors (Lipinski definition) is 6.